The number of hydrogen-bond acceptors (Lipinski definition) is 4. The van der Waals surface area contributed by atoms with Crippen LogP contribution in [-0.2, 0) is 0 Å². The van der Waals surface area contributed by atoms with E-state index in [0.717, 1.165) is 5.39 Å². The van der Waals surface area contributed by atoms with Gasteiger partial charge in [-0.1, -0.05) is 59.1 Å². The maximum atomic E-state index is 9.68. The van der Waals surface area contributed by atoms with Crippen LogP contribution in [0.5, 0.6) is 0 Å². The third kappa shape index (κ3) is 2.79. The molecule has 0 aliphatic heterocycles. The van der Waals surface area contributed by atoms with E-state index in [1.165, 1.54) is 0 Å². The Morgan fingerprint density at radius 3 is 2.22 bits per heavy atom. The summed E-state index contributed by atoms with van der Waals surface area (Å²) in [7, 11) is 0. The molecule has 3 rings (SSSR count). The van der Waals surface area contributed by atoms with Crippen molar-refractivity contribution in [2.45, 2.75) is 5.92 Å². The molecule has 0 saturated carbocycles. The van der Waals surface area contributed by atoms with Gasteiger partial charge in [-0.05, 0) is 12.1 Å². The number of benzene rings is 2. The van der Waals surface area contributed by atoms with Gasteiger partial charge in [0.15, 0.2) is 5.15 Å². The molecular weight excluding hydrogens is 355 g/mol. The molecule has 1 aromatic heterocycles. The van der Waals surface area contributed by atoms with Crippen molar-refractivity contribution in [3.63, 3.8) is 0 Å². The summed E-state index contributed by atoms with van der Waals surface area (Å²) in [6.07, 6.45) is 0. The van der Waals surface area contributed by atoms with Gasteiger partial charge in [0.1, 0.15) is 5.92 Å². The second kappa shape index (κ2) is 6.21. The second-order valence-electron chi connectivity index (χ2n) is 4.88. The smallest absolute Gasteiger partial charge is 0.159 e. The van der Waals surface area contributed by atoms with E-state index in [9.17, 15) is 5.26 Å². The molecule has 0 fully saturated rings. The van der Waals surface area contributed by atoms with Gasteiger partial charge in [0.2, 0.25) is 0 Å². The molecule has 1 atom stereocenters. The monoisotopic (exact) mass is 362 g/mol. The predicted octanol–water partition coefficient (Wildman–Crippen LogP) is 4.83. The van der Waals surface area contributed by atoms with E-state index >= 15 is 0 Å². The topological polar surface area (TPSA) is 75.6 Å². The quantitative estimate of drug-likeness (QED) is 0.662. The van der Waals surface area contributed by atoms with Gasteiger partial charge in [0, 0.05) is 32.1 Å². The van der Waals surface area contributed by atoms with Gasteiger partial charge in [-0.3, -0.25) is 0 Å². The van der Waals surface area contributed by atoms with Crippen LogP contribution in [0.3, 0.4) is 0 Å². The molecule has 3 aromatic rings. The average Bonchev–Trinajstić information content (AvgIpc) is 2.52. The van der Waals surface area contributed by atoms with E-state index in [1.54, 1.807) is 12.1 Å². The van der Waals surface area contributed by atoms with Crippen molar-refractivity contribution in [1.82, 2.24) is 10.2 Å². The highest BCUT2D eigenvalue weighted by molar-refractivity contribution is 6.37. The fourth-order valence-electron chi connectivity index (χ4n) is 2.45. The fourth-order valence-corrected chi connectivity index (χ4v) is 3.37. The summed E-state index contributed by atoms with van der Waals surface area (Å²) >= 11 is 18.6. The van der Waals surface area contributed by atoms with Crippen molar-refractivity contribution in [3.8, 4) is 6.07 Å². The van der Waals surface area contributed by atoms with Gasteiger partial charge in [-0.25, -0.2) is 0 Å². The lowest BCUT2D eigenvalue weighted by molar-refractivity contribution is 0.904. The lowest BCUT2D eigenvalue weighted by Gasteiger charge is -2.15. The maximum Gasteiger partial charge on any atom is 0.159 e. The number of halogens is 3. The summed E-state index contributed by atoms with van der Waals surface area (Å²) < 4.78 is 0. The number of nitriles is 1. The minimum absolute atomic E-state index is 0.274. The van der Waals surface area contributed by atoms with Crippen molar-refractivity contribution in [2.75, 3.05) is 5.73 Å². The van der Waals surface area contributed by atoms with Gasteiger partial charge in [-0.15, -0.1) is 5.10 Å². The molecule has 0 spiro atoms. The molecule has 2 aromatic carbocycles. The summed E-state index contributed by atoms with van der Waals surface area (Å²) in [6, 6.07) is 12.6. The summed E-state index contributed by atoms with van der Waals surface area (Å²) in [4.78, 5) is 0. The Balaban J connectivity index is 2.29. The number of nitrogen functional groups attached to an aromatic ring is 1. The zero-order valence-corrected chi connectivity index (χ0v) is 13.9. The molecule has 2 N–H and O–H groups in total. The lowest BCUT2D eigenvalue weighted by atomic mass is 9.93. The van der Waals surface area contributed by atoms with Crippen molar-refractivity contribution < 1.29 is 0 Å². The van der Waals surface area contributed by atoms with Crippen LogP contribution in [0.4, 0.5) is 5.69 Å². The summed E-state index contributed by atoms with van der Waals surface area (Å²) in [5.74, 6) is -0.787. The molecule has 23 heavy (non-hydrogen) atoms. The Hall–Kier alpha value is -2.06. The Kier molecular flexibility index (Phi) is 4.27. The van der Waals surface area contributed by atoms with Crippen molar-refractivity contribution in [3.05, 3.63) is 62.9 Å². The molecular formula is C16H9Cl3N4. The number of hydrogen-bond donors (Lipinski definition) is 1. The molecule has 1 heterocycles. The molecule has 4 nitrogen and oxygen atoms in total. The number of nitrogens with two attached hydrogens (primary N) is 1. The van der Waals surface area contributed by atoms with Crippen LogP contribution >= 0.6 is 34.8 Å². The van der Waals surface area contributed by atoms with E-state index < -0.39 is 5.92 Å². The Labute approximate surface area is 147 Å². The second-order valence-corrected chi connectivity index (χ2v) is 6.05. The van der Waals surface area contributed by atoms with E-state index in [0.29, 0.717) is 32.4 Å². The van der Waals surface area contributed by atoms with Gasteiger partial charge in [-0.2, -0.15) is 10.4 Å². The number of aromatic nitrogens is 2. The van der Waals surface area contributed by atoms with Crippen LogP contribution in [-0.4, -0.2) is 10.2 Å². The largest absolute Gasteiger partial charge is 0.399 e. The molecule has 0 saturated heterocycles. The van der Waals surface area contributed by atoms with E-state index in [1.807, 2.05) is 24.3 Å². The average molecular weight is 364 g/mol. The standard InChI is InChI=1S/C16H9Cl3N4/c17-12-5-8(21)6-13(18)14(12)11(7-20)15-9-3-1-2-4-10(9)16(19)23-22-15/h1-6,11H,21H2. The SMILES string of the molecule is N#CC(c1c(Cl)cc(N)cc1Cl)c1nnc(Cl)c2ccccc12. The van der Waals surface area contributed by atoms with Gasteiger partial charge >= 0.3 is 0 Å². The zero-order chi connectivity index (χ0) is 16.6. The van der Waals surface area contributed by atoms with Gasteiger partial charge < -0.3 is 5.73 Å². The number of rotatable bonds is 2. The molecule has 0 bridgehead atoms. The van der Waals surface area contributed by atoms with Crippen LogP contribution in [0.2, 0.25) is 15.2 Å². The first kappa shape index (κ1) is 15.8. The van der Waals surface area contributed by atoms with Crippen LogP contribution < -0.4 is 5.73 Å². The number of anilines is 1. The molecule has 1 unspecified atom stereocenters. The normalized spacial score (nSPS) is 12.1. The van der Waals surface area contributed by atoms with Crippen molar-refractivity contribution in [1.29, 1.82) is 5.26 Å². The first-order valence-electron chi connectivity index (χ1n) is 6.57. The van der Waals surface area contributed by atoms with E-state index in [4.69, 9.17) is 40.5 Å². The Morgan fingerprint density at radius 1 is 1.00 bits per heavy atom. The van der Waals surface area contributed by atoms with Crippen LogP contribution in [0.1, 0.15) is 17.2 Å². The Morgan fingerprint density at radius 2 is 1.61 bits per heavy atom. The number of nitrogens with zero attached hydrogens (tertiary/aromatic N) is 3. The number of fused-ring (bicyclic) bond motifs is 1. The molecule has 7 heteroatoms. The van der Waals surface area contributed by atoms with Crippen molar-refractivity contribution >= 4 is 51.3 Å². The third-order valence-electron chi connectivity index (χ3n) is 3.46. The molecule has 0 amide bonds. The molecule has 114 valence electrons. The first-order chi connectivity index (χ1) is 11.0. The fraction of sp³-hybridized carbons (Fsp3) is 0.0625. The van der Waals surface area contributed by atoms with Crippen LogP contribution in [0, 0.1) is 11.3 Å². The highest BCUT2D eigenvalue weighted by atomic mass is 35.5. The highest BCUT2D eigenvalue weighted by Gasteiger charge is 2.24. The van der Waals surface area contributed by atoms with E-state index in [2.05, 4.69) is 16.3 Å². The van der Waals surface area contributed by atoms with Gasteiger partial charge in [0.05, 0.1) is 11.8 Å². The zero-order valence-electron chi connectivity index (χ0n) is 11.6. The van der Waals surface area contributed by atoms with Crippen LogP contribution in [0.15, 0.2) is 36.4 Å². The predicted molar refractivity (Wildman–Crippen MR) is 92.9 cm³/mol. The van der Waals surface area contributed by atoms with E-state index in [-0.39, 0.29) is 5.15 Å². The first-order valence-corrected chi connectivity index (χ1v) is 7.71. The third-order valence-corrected chi connectivity index (χ3v) is 4.37. The maximum absolute atomic E-state index is 9.68. The summed E-state index contributed by atoms with van der Waals surface area (Å²) in [5, 5.41) is 20.0. The molecule has 0 radical (unpaired) electrons. The minimum Gasteiger partial charge on any atom is -0.399 e. The minimum atomic E-state index is -0.787. The van der Waals surface area contributed by atoms with Crippen molar-refractivity contribution in [2.24, 2.45) is 0 Å². The van der Waals surface area contributed by atoms with Crippen LogP contribution in [0.25, 0.3) is 10.8 Å². The molecule has 0 aliphatic rings. The summed E-state index contributed by atoms with van der Waals surface area (Å²) in [5.41, 5.74) is 7.04. The molecule has 0 aliphatic carbocycles. The summed E-state index contributed by atoms with van der Waals surface area (Å²) in [6.45, 7) is 0. The highest BCUT2D eigenvalue weighted by Crippen LogP contribution is 2.38. The lowest BCUT2D eigenvalue weighted by Crippen LogP contribution is -2.06. The Bertz CT molecular complexity index is 927. The van der Waals surface area contributed by atoms with Gasteiger partial charge in [0.25, 0.3) is 0 Å².